The summed E-state index contributed by atoms with van der Waals surface area (Å²) in [6.07, 6.45) is 9.48. The summed E-state index contributed by atoms with van der Waals surface area (Å²) in [5.41, 5.74) is 13.3. The van der Waals surface area contributed by atoms with Crippen LogP contribution in [-0.2, 0) is 52.8 Å². The summed E-state index contributed by atoms with van der Waals surface area (Å²) < 4.78 is 22.6. The maximum absolute atomic E-state index is 11.7. The van der Waals surface area contributed by atoms with Crippen molar-refractivity contribution in [2.45, 2.75) is 219 Å². The third kappa shape index (κ3) is 16.6. The number of hydrogen-bond donors (Lipinski definition) is 3. The van der Waals surface area contributed by atoms with Crippen molar-refractivity contribution in [2.75, 3.05) is 18.9 Å². The van der Waals surface area contributed by atoms with Crippen LogP contribution < -0.4 is 15.2 Å². The van der Waals surface area contributed by atoms with Gasteiger partial charge in [0, 0.05) is 62.8 Å². The topological polar surface area (TPSA) is 206 Å². The van der Waals surface area contributed by atoms with E-state index in [-0.39, 0.29) is 61.2 Å². The van der Waals surface area contributed by atoms with Gasteiger partial charge >= 0.3 is 17.9 Å². The van der Waals surface area contributed by atoms with Gasteiger partial charge in [-0.05, 0) is 154 Å². The Labute approximate surface area is 545 Å². The van der Waals surface area contributed by atoms with Crippen LogP contribution >= 0.6 is 61.3 Å². The summed E-state index contributed by atoms with van der Waals surface area (Å²) in [7, 11) is 0. The SMILES string of the molecule is CC1(C)CCC(C)(C)c2sc(Br)nc21.CC1(C)CCC(C)(C)c2sc(N)nc21.CC1(C)CCC(C)(C)c2sc(Oc3ccc(C(=O)O)cc3)nc21.CCOC(=O)c1ccc(O)cc1.CCOC(=O)c1ccc(Oc2nc3c(s2)C(C)(C)CCC3(C)C)cc1. The molecule has 19 heteroatoms. The summed E-state index contributed by atoms with van der Waals surface area (Å²) in [6.45, 7) is 40.6. The largest absolute Gasteiger partial charge is 0.508 e. The van der Waals surface area contributed by atoms with Crippen LogP contribution in [0.2, 0.25) is 0 Å². The number of aromatic nitrogens is 4. The lowest BCUT2D eigenvalue weighted by molar-refractivity contribution is 0.0516. The fourth-order valence-electron chi connectivity index (χ4n) is 11.0. The summed E-state index contributed by atoms with van der Waals surface area (Å²) in [6, 6.07) is 19.4. The number of rotatable bonds is 9. The van der Waals surface area contributed by atoms with Gasteiger partial charge in [-0.15, -0.1) is 22.7 Å². The standard InChI is InChI=1S/C20H25NO3S.C18H21NO3S.C11H16BrNS.C11H18N2S.C9H10O3/c1-6-23-17(22)13-7-9-14(10-8-13)24-18-21-15-16(25-18)20(4,5)12-11-19(15,2)3;1-17(2)9-10-18(3,4)14-13(17)19-16(23-14)22-12-7-5-11(6-8-12)15(20)21;2*1-10(2)5-6-11(3,4)8-7(10)13-9(12)14-8;1-2-12-9(11)7-3-5-8(10)6-4-7/h7-10H,6,11-12H2,1-5H3;5-8H,9-10H2,1-4H3,(H,20,21);5-6H2,1-4H3;5-6H2,1-4H3,(H2,12,13);3-6,10H,2H2,1H3. The van der Waals surface area contributed by atoms with E-state index in [9.17, 15) is 14.4 Å². The highest BCUT2D eigenvalue weighted by atomic mass is 79.9. The maximum atomic E-state index is 11.7. The number of carbonyl (C=O) groups is 3. The molecule has 0 aliphatic heterocycles. The molecule has 0 bridgehead atoms. The van der Waals surface area contributed by atoms with E-state index in [2.05, 4.69) is 137 Å². The molecule has 476 valence electrons. The van der Waals surface area contributed by atoms with Crippen LogP contribution in [0.1, 0.15) is 249 Å². The highest BCUT2D eigenvalue weighted by Gasteiger charge is 2.44. The van der Waals surface area contributed by atoms with Crippen molar-refractivity contribution in [2.24, 2.45) is 0 Å². The molecule has 0 saturated heterocycles. The van der Waals surface area contributed by atoms with Crippen molar-refractivity contribution in [1.29, 1.82) is 0 Å². The molecule has 14 nitrogen and oxygen atoms in total. The van der Waals surface area contributed by atoms with Gasteiger partial charge in [-0.3, -0.25) is 0 Å². The Hall–Kier alpha value is -5.73. The molecule has 11 rings (SSSR count). The van der Waals surface area contributed by atoms with Gasteiger partial charge < -0.3 is 34.9 Å². The quantitative estimate of drug-likeness (QED) is 0.115. The number of hydrogen-bond acceptors (Lipinski definition) is 17. The van der Waals surface area contributed by atoms with Crippen LogP contribution in [0.4, 0.5) is 5.13 Å². The molecule has 0 atom stereocenters. The number of thiazole rings is 4. The van der Waals surface area contributed by atoms with Gasteiger partial charge in [0.2, 0.25) is 0 Å². The minimum Gasteiger partial charge on any atom is -0.508 e. The van der Waals surface area contributed by atoms with Crippen LogP contribution in [0.5, 0.6) is 27.6 Å². The number of carboxylic acids is 1. The number of esters is 2. The zero-order chi connectivity index (χ0) is 65.2. The number of benzene rings is 3. The fourth-order valence-corrected chi connectivity index (χ4v) is 16.4. The van der Waals surface area contributed by atoms with Gasteiger partial charge in [0.15, 0.2) is 9.05 Å². The second kappa shape index (κ2) is 27.0. The van der Waals surface area contributed by atoms with E-state index in [1.807, 2.05) is 0 Å². The van der Waals surface area contributed by atoms with Crippen LogP contribution in [-0.4, -0.2) is 61.3 Å². The molecule has 0 spiro atoms. The third-order valence-electron chi connectivity index (χ3n) is 17.2. The first kappa shape index (κ1) is 69.7. The molecule has 4 aliphatic carbocycles. The lowest BCUT2D eigenvalue weighted by atomic mass is 9.69. The molecule has 4 aliphatic rings. The predicted octanol–water partition coefficient (Wildman–Crippen LogP) is 19.3. The smallest absolute Gasteiger partial charge is 0.338 e. The first-order chi connectivity index (χ1) is 40.8. The van der Waals surface area contributed by atoms with Crippen LogP contribution in [0.3, 0.4) is 0 Å². The molecular formula is C69H90BrN5O9S4. The highest BCUT2D eigenvalue weighted by molar-refractivity contribution is 9.11. The van der Waals surface area contributed by atoms with Gasteiger partial charge in [0.25, 0.3) is 10.4 Å². The average molecular weight is 1340 g/mol. The van der Waals surface area contributed by atoms with Crippen molar-refractivity contribution < 1.29 is 43.5 Å². The van der Waals surface area contributed by atoms with Gasteiger partial charge in [0.05, 0.1) is 52.7 Å². The van der Waals surface area contributed by atoms with E-state index in [4.69, 9.17) is 44.9 Å². The monoisotopic (exact) mass is 1340 g/mol. The summed E-state index contributed by atoms with van der Waals surface area (Å²) >= 11 is 10.2. The van der Waals surface area contributed by atoms with Gasteiger partial charge in [-0.1, -0.05) is 133 Å². The van der Waals surface area contributed by atoms with Crippen LogP contribution in [0.15, 0.2) is 76.7 Å². The van der Waals surface area contributed by atoms with Crippen molar-refractivity contribution in [1.82, 2.24) is 19.9 Å². The highest BCUT2D eigenvalue weighted by Crippen LogP contribution is 2.53. The number of fused-ring (bicyclic) bond motifs is 4. The van der Waals surface area contributed by atoms with Gasteiger partial charge in [0.1, 0.15) is 17.2 Å². The molecule has 3 aromatic carbocycles. The number of halogens is 1. The summed E-state index contributed by atoms with van der Waals surface area (Å²) in [5, 5.41) is 19.9. The lowest BCUT2D eigenvalue weighted by Gasteiger charge is -2.37. The number of ether oxygens (including phenoxy) is 4. The summed E-state index contributed by atoms with van der Waals surface area (Å²) in [5.74, 6) is -0.195. The summed E-state index contributed by atoms with van der Waals surface area (Å²) in [4.78, 5) is 57.8. The average Bonchev–Trinajstić information content (AvgIpc) is 2.33. The molecule has 0 unspecified atom stereocenters. The molecular weight excluding hydrogens is 1250 g/mol. The maximum Gasteiger partial charge on any atom is 0.338 e. The number of phenols is 1. The second-order valence-corrected chi connectivity index (χ2v) is 33.5. The van der Waals surface area contributed by atoms with Crippen LogP contribution in [0, 0.1) is 0 Å². The normalized spacial score (nSPS) is 18.4. The second-order valence-electron chi connectivity index (χ2n) is 28.3. The number of anilines is 1. The first-order valence-electron chi connectivity index (χ1n) is 30.2. The Morgan fingerprint density at radius 1 is 0.443 bits per heavy atom. The predicted molar refractivity (Wildman–Crippen MR) is 362 cm³/mol. The van der Waals surface area contributed by atoms with Crippen LogP contribution in [0.25, 0.3) is 0 Å². The van der Waals surface area contributed by atoms with E-state index in [0.29, 0.717) is 51.6 Å². The van der Waals surface area contributed by atoms with E-state index < -0.39 is 5.97 Å². The Morgan fingerprint density at radius 3 is 1.06 bits per heavy atom. The molecule has 0 radical (unpaired) electrons. The van der Waals surface area contributed by atoms with E-state index in [1.54, 1.807) is 108 Å². The molecule has 4 N–H and O–H groups in total. The Kier molecular flexibility index (Phi) is 21.4. The number of carbonyl (C=O) groups excluding carboxylic acids is 2. The van der Waals surface area contributed by atoms with Gasteiger partial charge in [-0.2, -0.15) is 0 Å². The number of aromatic carboxylic acids is 1. The van der Waals surface area contributed by atoms with E-state index in [0.717, 1.165) is 46.1 Å². The Bertz CT molecular complexity index is 3360. The number of carboxylic acid groups (broad SMARTS) is 1. The number of nitrogens with two attached hydrogens (primary N) is 1. The van der Waals surface area contributed by atoms with E-state index >= 15 is 0 Å². The number of phenolic OH excluding ortho intramolecular Hbond substituents is 1. The van der Waals surface area contributed by atoms with Crippen molar-refractivity contribution in [3.05, 3.63) is 136 Å². The molecule has 7 aromatic rings. The fraction of sp³-hybridized carbons (Fsp3) is 0.522. The third-order valence-corrected chi connectivity index (χ3v) is 23.0. The molecule has 0 amide bonds. The minimum absolute atomic E-state index is 0.0656. The Morgan fingerprint density at radius 2 is 0.739 bits per heavy atom. The number of nitrogens with zero attached hydrogens (tertiary/aromatic N) is 4. The lowest BCUT2D eigenvalue weighted by Crippen LogP contribution is -2.32. The molecule has 4 aromatic heterocycles. The van der Waals surface area contributed by atoms with E-state index in [1.165, 1.54) is 80.8 Å². The van der Waals surface area contributed by atoms with Gasteiger partial charge in [-0.25, -0.2) is 34.3 Å². The molecule has 0 fully saturated rings. The van der Waals surface area contributed by atoms with Crippen molar-refractivity contribution >= 4 is 84.3 Å². The molecule has 0 saturated carbocycles. The zero-order valence-corrected chi connectivity index (χ0v) is 59.5. The van der Waals surface area contributed by atoms with Crippen molar-refractivity contribution in [3.63, 3.8) is 0 Å². The zero-order valence-electron chi connectivity index (χ0n) is 54.6. The number of aromatic hydroxyl groups is 1. The minimum atomic E-state index is -0.940. The molecule has 4 heterocycles. The number of nitrogen functional groups attached to an aromatic ring is 1. The molecule has 88 heavy (non-hydrogen) atoms. The van der Waals surface area contributed by atoms with Crippen molar-refractivity contribution in [3.8, 4) is 27.6 Å². The Balaban J connectivity index is 0.000000162. The first-order valence-corrected chi connectivity index (χ1v) is 34.3.